The maximum Gasteiger partial charge on any atom is 0.234 e. The summed E-state index contributed by atoms with van der Waals surface area (Å²) < 4.78 is 0. The van der Waals surface area contributed by atoms with Crippen LogP contribution >= 0.6 is 11.8 Å². The number of hydrogen-bond donors (Lipinski definition) is 2. The lowest BCUT2D eigenvalue weighted by molar-refractivity contribution is -0.120. The van der Waals surface area contributed by atoms with E-state index in [4.69, 9.17) is 0 Å². The molecule has 1 aliphatic rings. The summed E-state index contributed by atoms with van der Waals surface area (Å²) in [4.78, 5) is 11.3. The van der Waals surface area contributed by atoms with E-state index in [9.17, 15) is 4.79 Å². The average Bonchev–Trinajstić information content (AvgIpc) is 2.15. The Morgan fingerprint density at radius 1 is 1.43 bits per heavy atom. The Bertz CT molecular complexity index is 179. The lowest BCUT2D eigenvalue weighted by Crippen LogP contribution is -2.42. The highest BCUT2D eigenvalue weighted by Crippen LogP contribution is 2.16. The van der Waals surface area contributed by atoms with Crippen LogP contribution in [0.5, 0.6) is 0 Å². The topological polar surface area (TPSA) is 41.1 Å². The van der Waals surface area contributed by atoms with Gasteiger partial charge in [0.25, 0.3) is 0 Å². The molecular weight excluding hydrogens is 196 g/mol. The van der Waals surface area contributed by atoms with Crippen molar-refractivity contribution in [3.05, 3.63) is 0 Å². The molecule has 0 saturated carbocycles. The maximum absolute atomic E-state index is 11.3. The molecule has 0 aliphatic carbocycles. The van der Waals surface area contributed by atoms with Crippen LogP contribution in [0.3, 0.4) is 0 Å². The van der Waals surface area contributed by atoms with E-state index in [-0.39, 0.29) is 11.9 Å². The fourth-order valence-corrected chi connectivity index (χ4v) is 2.62. The second kappa shape index (κ2) is 6.30. The zero-order chi connectivity index (χ0) is 10.4. The highest BCUT2D eigenvalue weighted by atomic mass is 32.2. The van der Waals surface area contributed by atoms with Crippen LogP contribution in [0, 0.1) is 0 Å². The molecule has 4 heteroatoms. The van der Waals surface area contributed by atoms with E-state index in [1.165, 1.54) is 24.3 Å². The smallest absolute Gasteiger partial charge is 0.234 e. The van der Waals surface area contributed by atoms with Crippen molar-refractivity contribution in [2.75, 3.05) is 18.1 Å². The van der Waals surface area contributed by atoms with Crippen molar-refractivity contribution in [1.82, 2.24) is 10.6 Å². The summed E-state index contributed by atoms with van der Waals surface area (Å²) in [6, 6.07) is 0.792. The third kappa shape index (κ3) is 4.86. The van der Waals surface area contributed by atoms with Crippen molar-refractivity contribution >= 4 is 17.7 Å². The monoisotopic (exact) mass is 216 g/mol. The Kier molecular flexibility index (Phi) is 5.33. The molecule has 0 spiro atoms. The van der Waals surface area contributed by atoms with Gasteiger partial charge < -0.3 is 10.6 Å². The van der Waals surface area contributed by atoms with Gasteiger partial charge in [-0.05, 0) is 38.2 Å². The van der Waals surface area contributed by atoms with Crippen molar-refractivity contribution in [2.24, 2.45) is 0 Å². The van der Waals surface area contributed by atoms with Crippen LogP contribution in [0.25, 0.3) is 0 Å². The summed E-state index contributed by atoms with van der Waals surface area (Å²) in [5, 5.41) is 6.18. The van der Waals surface area contributed by atoms with Gasteiger partial charge in [-0.25, -0.2) is 0 Å². The number of hydrogen-bond acceptors (Lipinski definition) is 3. The van der Waals surface area contributed by atoms with Crippen LogP contribution < -0.4 is 10.6 Å². The Labute approximate surface area is 90.4 Å². The lowest BCUT2D eigenvalue weighted by atomic mass is 10.1. The van der Waals surface area contributed by atoms with E-state index in [1.54, 1.807) is 0 Å². The van der Waals surface area contributed by atoms with E-state index in [1.807, 2.05) is 25.6 Å². The van der Waals surface area contributed by atoms with Crippen molar-refractivity contribution in [3.8, 4) is 0 Å². The molecule has 0 radical (unpaired) electrons. The summed E-state index contributed by atoms with van der Waals surface area (Å²) >= 11 is 2.00. The molecule has 1 heterocycles. The van der Waals surface area contributed by atoms with E-state index in [2.05, 4.69) is 10.6 Å². The van der Waals surface area contributed by atoms with E-state index in [0.717, 1.165) is 0 Å². The van der Waals surface area contributed by atoms with E-state index < -0.39 is 0 Å². The van der Waals surface area contributed by atoms with Crippen LogP contribution in [0.2, 0.25) is 0 Å². The molecule has 1 fully saturated rings. The van der Waals surface area contributed by atoms with Crippen molar-refractivity contribution in [3.63, 3.8) is 0 Å². The Morgan fingerprint density at radius 2 is 2.07 bits per heavy atom. The Balaban J connectivity index is 2.09. The minimum Gasteiger partial charge on any atom is -0.353 e. The molecule has 1 saturated heterocycles. The second-order valence-electron chi connectivity index (χ2n) is 3.99. The van der Waals surface area contributed by atoms with Gasteiger partial charge in [0.2, 0.25) is 5.91 Å². The Morgan fingerprint density at radius 3 is 2.64 bits per heavy atom. The van der Waals surface area contributed by atoms with Gasteiger partial charge in [-0.1, -0.05) is 0 Å². The number of amides is 1. The predicted molar refractivity (Wildman–Crippen MR) is 61.6 cm³/mol. The fourth-order valence-electron chi connectivity index (χ4n) is 1.51. The second-order valence-corrected chi connectivity index (χ2v) is 5.21. The molecule has 0 aromatic heterocycles. The number of carbonyl (C=O) groups excluding carboxylic acids is 1. The molecule has 0 atom stereocenters. The number of nitrogens with one attached hydrogen (secondary N) is 2. The molecule has 3 nitrogen and oxygen atoms in total. The first kappa shape index (κ1) is 11.9. The standard InChI is InChI=1S/C10H20N2OS/c1-8(2)12-10(13)7-11-9-3-5-14-6-4-9/h8-9,11H,3-7H2,1-2H3,(H,12,13). The van der Waals surface area contributed by atoms with E-state index in [0.29, 0.717) is 12.6 Å². The molecule has 2 N–H and O–H groups in total. The molecule has 82 valence electrons. The van der Waals surface area contributed by atoms with Gasteiger partial charge in [-0.2, -0.15) is 11.8 Å². The molecule has 0 unspecified atom stereocenters. The van der Waals surface area contributed by atoms with Gasteiger partial charge in [0.05, 0.1) is 6.54 Å². The van der Waals surface area contributed by atoms with Crippen LogP contribution in [-0.2, 0) is 4.79 Å². The number of rotatable bonds is 4. The number of carbonyl (C=O) groups is 1. The summed E-state index contributed by atoms with van der Waals surface area (Å²) in [5.74, 6) is 2.56. The van der Waals surface area contributed by atoms with Gasteiger partial charge in [0.1, 0.15) is 0 Å². The summed E-state index contributed by atoms with van der Waals surface area (Å²) in [6.07, 6.45) is 2.39. The van der Waals surface area contributed by atoms with Crippen molar-refractivity contribution < 1.29 is 4.79 Å². The van der Waals surface area contributed by atoms with Crippen LogP contribution in [0.4, 0.5) is 0 Å². The molecule has 1 aliphatic heterocycles. The largest absolute Gasteiger partial charge is 0.353 e. The van der Waals surface area contributed by atoms with Gasteiger partial charge >= 0.3 is 0 Å². The molecule has 1 amide bonds. The first-order valence-corrected chi connectivity index (χ1v) is 6.44. The zero-order valence-electron chi connectivity index (χ0n) is 9.01. The highest BCUT2D eigenvalue weighted by molar-refractivity contribution is 7.99. The maximum atomic E-state index is 11.3. The van der Waals surface area contributed by atoms with Crippen LogP contribution in [0.1, 0.15) is 26.7 Å². The van der Waals surface area contributed by atoms with E-state index >= 15 is 0 Å². The minimum atomic E-state index is 0.109. The third-order valence-corrected chi connectivity index (χ3v) is 3.27. The summed E-state index contributed by atoms with van der Waals surface area (Å²) in [7, 11) is 0. The Hall–Kier alpha value is -0.220. The van der Waals surface area contributed by atoms with Gasteiger partial charge in [-0.15, -0.1) is 0 Å². The quantitative estimate of drug-likeness (QED) is 0.736. The van der Waals surface area contributed by atoms with Crippen molar-refractivity contribution in [2.45, 2.75) is 38.8 Å². The zero-order valence-corrected chi connectivity index (χ0v) is 9.82. The third-order valence-electron chi connectivity index (χ3n) is 2.22. The normalized spacial score (nSPS) is 18.5. The van der Waals surface area contributed by atoms with Crippen LogP contribution in [-0.4, -0.2) is 36.0 Å². The van der Waals surface area contributed by atoms with Crippen LogP contribution in [0.15, 0.2) is 0 Å². The SMILES string of the molecule is CC(C)NC(=O)CNC1CCSCC1. The number of thioether (sulfide) groups is 1. The molecule has 0 aromatic rings. The molecule has 1 rings (SSSR count). The first-order valence-electron chi connectivity index (χ1n) is 5.29. The highest BCUT2D eigenvalue weighted by Gasteiger charge is 2.14. The summed E-state index contributed by atoms with van der Waals surface area (Å²) in [6.45, 7) is 4.43. The molecule has 0 bridgehead atoms. The molecule has 14 heavy (non-hydrogen) atoms. The average molecular weight is 216 g/mol. The van der Waals surface area contributed by atoms with Crippen molar-refractivity contribution in [1.29, 1.82) is 0 Å². The fraction of sp³-hybridized carbons (Fsp3) is 0.900. The summed E-state index contributed by atoms with van der Waals surface area (Å²) in [5.41, 5.74) is 0. The van der Waals surface area contributed by atoms with Gasteiger partial charge in [0.15, 0.2) is 0 Å². The van der Waals surface area contributed by atoms with Gasteiger partial charge in [-0.3, -0.25) is 4.79 Å². The van der Waals surface area contributed by atoms with Gasteiger partial charge in [0, 0.05) is 12.1 Å². The first-order chi connectivity index (χ1) is 6.68. The molecular formula is C10H20N2OS. The lowest BCUT2D eigenvalue weighted by Gasteiger charge is -2.22. The molecule has 0 aromatic carbocycles. The minimum absolute atomic E-state index is 0.109. The predicted octanol–water partition coefficient (Wildman–Crippen LogP) is 0.996.